The van der Waals surface area contributed by atoms with Crippen molar-refractivity contribution in [1.82, 2.24) is 0 Å². The summed E-state index contributed by atoms with van der Waals surface area (Å²) in [6.07, 6.45) is 15.0. The maximum Gasteiger partial charge on any atom is 0.328 e. The van der Waals surface area contributed by atoms with Gasteiger partial charge in [-0.1, -0.05) is 78.1 Å². The number of unbranched alkanes of at least 4 members (excludes halogenated alkanes) is 8. The molecule has 2 unspecified atom stereocenters. The highest BCUT2D eigenvalue weighted by atomic mass is 31.2. The van der Waals surface area contributed by atoms with E-state index < -0.39 is 7.60 Å². The van der Waals surface area contributed by atoms with Gasteiger partial charge in [-0.05, 0) is 12.8 Å². The van der Waals surface area contributed by atoms with E-state index in [0.29, 0.717) is 6.61 Å². The minimum absolute atomic E-state index is 0.0736. The number of likely N-dealkylation sites (N-methyl/N-ethyl adjacent to an activating group) is 1. The number of hydrogen-bond donors (Lipinski definition) is 0. The van der Waals surface area contributed by atoms with E-state index in [2.05, 4.69) is 35.0 Å². The molecule has 0 bridgehead atoms. The Labute approximate surface area is 164 Å². The monoisotopic (exact) mass is 392 g/mol. The molecule has 0 aliphatic rings. The molecule has 4 nitrogen and oxygen atoms in total. The van der Waals surface area contributed by atoms with E-state index in [0.717, 1.165) is 30.3 Å². The highest BCUT2D eigenvalue weighted by Gasteiger charge is 2.23. The largest absolute Gasteiger partial charge is 0.329 e. The van der Waals surface area contributed by atoms with Crippen molar-refractivity contribution in [2.75, 3.05) is 41.0 Å². The van der Waals surface area contributed by atoms with Crippen molar-refractivity contribution < 1.29 is 18.1 Å². The Hall–Kier alpha value is 0.110. The molecule has 0 aromatic heterocycles. The van der Waals surface area contributed by atoms with Crippen molar-refractivity contribution >= 4 is 7.60 Å². The molecule has 0 radical (unpaired) electrons. The third-order valence-corrected chi connectivity index (χ3v) is 6.00. The maximum absolute atomic E-state index is 12.6. The zero-order chi connectivity index (χ0) is 19.9. The Balaban J connectivity index is 3.95. The fourth-order valence-corrected chi connectivity index (χ4v) is 4.26. The zero-order valence-electron chi connectivity index (χ0n) is 18.6. The van der Waals surface area contributed by atoms with Gasteiger partial charge < -0.3 is 13.5 Å². The van der Waals surface area contributed by atoms with Gasteiger partial charge in [0.15, 0.2) is 0 Å². The molecule has 0 fully saturated rings. The summed E-state index contributed by atoms with van der Waals surface area (Å²) in [6, 6.07) is 0. The second-order valence-electron chi connectivity index (χ2n) is 8.75. The first kappa shape index (κ1) is 26.1. The summed E-state index contributed by atoms with van der Waals surface area (Å²) in [6.45, 7) is 7.36. The molecule has 0 aromatic rings. The topological polar surface area (TPSA) is 35.5 Å². The van der Waals surface area contributed by atoms with Crippen LogP contribution in [0, 0.1) is 0 Å². The lowest BCUT2D eigenvalue weighted by Crippen LogP contribution is -2.37. The summed E-state index contributed by atoms with van der Waals surface area (Å²) < 4.78 is 24.9. The molecule has 5 heteroatoms. The van der Waals surface area contributed by atoms with Crippen molar-refractivity contribution in [1.29, 1.82) is 0 Å². The Morgan fingerprint density at radius 3 is 1.85 bits per heavy atom. The van der Waals surface area contributed by atoms with Crippen LogP contribution in [0.4, 0.5) is 0 Å². The fourth-order valence-electron chi connectivity index (χ4n) is 3.04. The van der Waals surface area contributed by atoms with Crippen molar-refractivity contribution in [2.24, 2.45) is 0 Å². The number of rotatable bonds is 18. The van der Waals surface area contributed by atoms with Crippen LogP contribution in [0.5, 0.6) is 0 Å². The molecule has 0 spiro atoms. The quantitative estimate of drug-likeness (QED) is 0.149. The minimum Gasteiger partial charge on any atom is -0.329 e. The molecule has 0 heterocycles. The van der Waals surface area contributed by atoms with Crippen LogP contribution in [-0.2, 0) is 13.6 Å². The second kappa shape index (κ2) is 15.1. The number of hydrogen-bond acceptors (Lipinski definition) is 3. The van der Waals surface area contributed by atoms with Crippen LogP contribution in [0.25, 0.3) is 0 Å². The summed E-state index contributed by atoms with van der Waals surface area (Å²) in [5.74, 6) is 0. The number of nitrogens with zero attached hydrogens (tertiary/aromatic N) is 1. The van der Waals surface area contributed by atoms with Gasteiger partial charge in [0.05, 0.1) is 27.2 Å². The lowest BCUT2D eigenvalue weighted by Gasteiger charge is -2.26. The zero-order valence-corrected chi connectivity index (χ0v) is 19.5. The summed E-state index contributed by atoms with van der Waals surface area (Å²) in [5, 5.41) is 0. The van der Waals surface area contributed by atoms with Gasteiger partial charge >= 0.3 is 7.60 Å². The molecular weight excluding hydrogens is 345 g/mol. The van der Waals surface area contributed by atoms with E-state index in [-0.39, 0.29) is 6.10 Å². The SMILES string of the molecule is CCCCCCCCCCCC(CCC)OP(C)(=O)OCC[N+](C)(C)C. The van der Waals surface area contributed by atoms with Gasteiger partial charge in [0.2, 0.25) is 0 Å². The van der Waals surface area contributed by atoms with Crippen LogP contribution in [0.1, 0.15) is 90.9 Å². The highest BCUT2D eigenvalue weighted by Crippen LogP contribution is 2.46. The summed E-state index contributed by atoms with van der Waals surface area (Å²) >= 11 is 0. The smallest absolute Gasteiger partial charge is 0.328 e. The Morgan fingerprint density at radius 2 is 1.35 bits per heavy atom. The molecule has 0 aliphatic heterocycles. The van der Waals surface area contributed by atoms with Crippen LogP contribution in [0.3, 0.4) is 0 Å². The Bertz CT molecular complexity index is 369. The molecule has 158 valence electrons. The summed E-state index contributed by atoms with van der Waals surface area (Å²) in [5.41, 5.74) is 0. The maximum atomic E-state index is 12.6. The van der Waals surface area contributed by atoms with Gasteiger partial charge in [0.25, 0.3) is 0 Å². The van der Waals surface area contributed by atoms with E-state index in [4.69, 9.17) is 9.05 Å². The molecule has 26 heavy (non-hydrogen) atoms. The Morgan fingerprint density at radius 1 is 0.808 bits per heavy atom. The first-order valence-corrected chi connectivity index (χ1v) is 12.9. The van der Waals surface area contributed by atoms with Crippen LogP contribution >= 0.6 is 7.60 Å². The standard InChI is InChI=1S/C21H47NO3P/c1-7-9-10-11-12-13-14-15-16-18-21(17-8-2)25-26(6,23)24-20-19-22(3,4)5/h21H,7-20H2,1-6H3/q+1. The van der Waals surface area contributed by atoms with Crippen molar-refractivity contribution in [3.63, 3.8) is 0 Å². The van der Waals surface area contributed by atoms with Gasteiger partial charge in [-0.25, -0.2) is 0 Å². The van der Waals surface area contributed by atoms with Crippen molar-refractivity contribution in [2.45, 2.75) is 97.0 Å². The molecule has 0 amide bonds. The third-order valence-electron chi connectivity index (χ3n) is 4.67. The van der Waals surface area contributed by atoms with E-state index in [1.807, 2.05) is 0 Å². The van der Waals surface area contributed by atoms with Crippen LogP contribution < -0.4 is 0 Å². The predicted molar refractivity (Wildman–Crippen MR) is 114 cm³/mol. The second-order valence-corrected chi connectivity index (χ2v) is 10.8. The summed E-state index contributed by atoms with van der Waals surface area (Å²) in [4.78, 5) is 0. The molecule has 0 rings (SSSR count). The molecule has 0 aliphatic carbocycles. The fraction of sp³-hybridized carbons (Fsp3) is 1.00. The first-order chi connectivity index (χ1) is 12.2. The number of quaternary nitrogens is 1. The van der Waals surface area contributed by atoms with Gasteiger partial charge in [0, 0.05) is 6.66 Å². The van der Waals surface area contributed by atoms with Gasteiger partial charge in [-0.3, -0.25) is 4.57 Å². The third kappa shape index (κ3) is 17.5. The van der Waals surface area contributed by atoms with Gasteiger partial charge in [0.1, 0.15) is 13.2 Å². The van der Waals surface area contributed by atoms with Crippen molar-refractivity contribution in [3.05, 3.63) is 0 Å². The molecule has 0 saturated heterocycles. The lowest BCUT2D eigenvalue weighted by molar-refractivity contribution is -0.870. The van der Waals surface area contributed by atoms with Crippen LogP contribution in [-0.4, -0.2) is 51.5 Å². The first-order valence-electron chi connectivity index (χ1n) is 10.9. The van der Waals surface area contributed by atoms with Gasteiger partial charge in [-0.2, -0.15) is 0 Å². The molecular formula is C21H47NO3P+. The molecule has 0 N–H and O–H groups in total. The van der Waals surface area contributed by atoms with Crippen LogP contribution in [0.15, 0.2) is 0 Å². The molecule has 0 aromatic carbocycles. The van der Waals surface area contributed by atoms with E-state index in [1.165, 1.54) is 57.8 Å². The average Bonchev–Trinajstić information content (AvgIpc) is 2.51. The highest BCUT2D eigenvalue weighted by molar-refractivity contribution is 7.53. The van der Waals surface area contributed by atoms with Gasteiger partial charge in [-0.15, -0.1) is 0 Å². The molecule has 0 saturated carbocycles. The van der Waals surface area contributed by atoms with Crippen LogP contribution in [0.2, 0.25) is 0 Å². The van der Waals surface area contributed by atoms with Crippen molar-refractivity contribution in [3.8, 4) is 0 Å². The minimum atomic E-state index is -2.95. The van der Waals surface area contributed by atoms with E-state index >= 15 is 0 Å². The van der Waals surface area contributed by atoms with E-state index in [9.17, 15) is 4.57 Å². The predicted octanol–water partition coefficient (Wildman–Crippen LogP) is 6.64. The Kier molecular flexibility index (Phi) is 15.1. The summed E-state index contributed by atoms with van der Waals surface area (Å²) in [7, 11) is 3.37. The van der Waals surface area contributed by atoms with E-state index in [1.54, 1.807) is 6.66 Å². The average molecular weight is 393 g/mol. The molecule has 2 atom stereocenters. The normalized spacial score (nSPS) is 15.8. The lowest BCUT2D eigenvalue weighted by atomic mass is 10.0.